The molecule has 2 heterocycles. The molecular weight excluding hydrogens is 332 g/mol. The van der Waals surface area contributed by atoms with Crippen LogP contribution in [-0.4, -0.2) is 54.7 Å². The van der Waals surface area contributed by atoms with E-state index in [1.165, 1.54) is 0 Å². The minimum Gasteiger partial charge on any atom is -0.497 e. The fourth-order valence-electron chi connectivity index (χ4n) is 3.28. The lowest BCUT2D eigenvalue weighted by atomic mass is 10.1. The third-order valence-electron chi connectivity index (χ3n) is 4.73. The molecule has 2 aromatic rings. The highest BCUT2D eigenvalue weighted by atomic mass is 16.5. The number of likely N-dealkylation sites (tertiary alicyclic amines) is 1. The van der Waals surface area contributed by atoms with Crippen molar-refractivity contribution in [1.82, 2.24) is 20.4 Å². The monoisotopic (exact) mass is 358 g/mol. The van der Waals surface area contributed by atoms with Crippen molar-refractivity contribution in [3.8, 4) is 17.1 Å². The first-order valence-corrected chi connectivity index (χ1v) is 9.09. The van der Waals surface area contributed by atoms with E-state index in [0.29, 0.717) is 30.5 Å². The minimum atomic E-state index is 0.221. The Morgan fingerprint density at radius 1 is 1.38 bits per heavy atom. The lowest BCUT2D eigenvalue weighted by Gasteiger charge is -2.16. The molecule has 0 bridgehead atoms. The van der Waals surface area contributed by atoms with E-state index in [9.17, 15) is 4.79 Å². The molecule has 1 aliphatic rings. The van der Waals surface area contributed by atoms with Crippen LogP contribution >= 0.6 is 0 Å². The van der Waals surface area contributed by atoms with Crippen molar-refractivity contribution < 1.29 is 14.1 Å². The van der Waals surface area contributed by atoms with Crippen LogP contribution in [0.25, 0.3) is 11.4 Å². The van der Waals surface area contributed by atoms with E-state index in [-0.39, 0.29) is 5.91 Å². The summed E-state index contributed by atoms with van der Waals surface area (Å²) in [7, 11) is 3.58. The van der Waals surface area contributed by atoms with Gasteiger partial charge in [-0.3, -0.25) is 4.79 Å². The van der Waals surface area contributed by atoms with Crippen molar-refractivity contribution in [1.29, 1.82) is 0 Å². The molecule has 0 radical (unpaired) electrons. The Labute approximate surface area is 153 Å². The summed E-state index contributed by atoms with van der Waals surface area (Å²) in [5.41, 5.74) is 0.879. The molecule has 1 amide bonds. The Morgan fingerprint density at radius 3 is 2.92 bits per heavy atom. The summed E-state index contributed by atoms with van der Waals surface area (Å²) in [6, 6.07) is 7.51. The smallest absolute Gasteiger partial charge is 0.226 e. The van der Waals surface area contributed by atoms with Crippen molar-refractivity contribution in [2.45, 2.75) is 25.7 Å². The number of carbonyl (C=O) groups excluding carboxylic acids is 1. The van der Waals surface area contributed by atoms with Gasteiger partial charge in [0.05, 0.1) is 7.11 Å². The third kappa shape index (κ3) is 4.60. The van der Waals surface area contributed by atoms with Crippen LogP contribution in [0.2, 0.25) is 0 Å². The lowest BCUT2D eigenvalue weighted by Crippen LogP contribution is -2.30. The Bertz CT molecular complexity index is 714. The highest BCUT2D eigenvalue weighted by Crippen LogP contribution is 2.20. The Kier molecular flexibility index (Phi) is 6.22. The second kappa shape index (κ2) is 8.80. The number of nitrogens with one attached hydrogen (secondary N) is 1. The molecule has 1 saturated heterocycles. The van der Waals surface area contributed by atoms with Crippen LogP contribution in [-0.2, 0) is 11.2 Å². The van der Waals surface area contributed by atoms with E-state index in [4.69, 9.17) is 9.26 Å². The van der Waals surface area contributed by atoms with Gasteiger partial charge in [0.1, 0.15) is 5.75 Å². The Balaban J connectivity index is 1.45. The predicted octanol–water partition coefficient (Wildman–Crippen LogP) is 2.14. The summed E-state index contributed by atoms with van der Waals surface area (Å²) >= 11 is 0. The number of aromatic nitrogens is 2. The number of nitrogens with zero attached hydrogens (tertiary/aromatic N) is 3. The topological polar surface area (TPSA) is 80.5 Å². The van der Waals surface area contributed by atoms with Gasteiger partial charge in [-0.15, -0.1) is 0 Å². The van der Waals surface area contributed by atoms with Crippen LogP contribution in [0.15, 0.2) is 28.8 Å². The van der Waals surface area contributed by atoms with Gasteiger partial charge in [0, 0.05) is 31.5 Å². The Morgan fingerprint density at radius 2 is 2.19 bits per heavy atom. The second-order valence-electron chi connectivity index (χ2n) is 6.65. The van der Waals surface area contributed by atoms with Crippen LogP contribution in [0.5, 0.6) is 5.75 Å². The van der Waals surface area contributed by atoms with E-state index in [2.05, 4.69) is 15.5 Å². The normalized spacial score (nSPS) is 16.8. The number of benzene rings is 1. The highest BCUT2D eigenvalue weighted by Gasteiger charge is 2.25. The third-order valence-corrected chi connectivity index (χ3v) is 4.73. The molecule has 140 valence electrons. The number of hydrogen-bond donors (Lipinski definition) is 1. The second-order valence-corrected chi connectivity index (χ2v) is 6.65. The first-order chi connectivity index (χ1) is 12.7. The van der Waals surface area contributed by atoms with Crippen molar-refractivity contribution in [2.75, 3.05) is 33.8 Å². The van der Waals surface area contributed by atoms with E-state index in [1.807, 2.05) is 36.2 Å². The molecule has 7 nitrogen and oxygen atoms in total. The summed E-state index contributed by atoms with van der Waals surface area (Å²) in [6.45, 7) is 2.70. The number of hydrogen-bond acceptors (Lipinski definition) is 6. The summed E-state index contributed by atoms with van der Waals surface area (Å²) in [5, 5.41) is 7.20. The van der Waals surface area contributed by atoms with Crippen LogP contribution in [0, 0.1) is 5.92 Å². The van der Waals surface area contributed by atoms with E-state index in [0.717, 1.165) is 43.8 Å². The van der Waals surface area contributed by atoms with Gasteiger partial charge in [0.25, 0.3) is 0 Å². The molecule has 0 spiro atoms. The molecule has 1 atom stereocenters. The first-order valence-electron chi connectivity index (χ1n) is 9.09. The van der Waals surface area contributed by atoms with E-state index in [1.54, 1.807) is 7.11 Å². The SMILES string of the molecule is CNCC1CCN(C(=O)CCCc2nc(-c3ccc(OC)cc3)no2)C1. The molecular formula is C19H26N4O3. The van der Waals surface area contributed by atoms with Crippen molar-refractivity contribution >= 4 is 5.91 Å². The zero-order valence-electron chi connectivity index (χ0n) is 15.4. The average Bonchev–Trinajstić information content (AvgIpc) is 3.32. The molecule has 0 saturated carbocycles. The van der Waals surface area contributed by atoms with Gasteiger partial charge < -0.3 is 19.5 Å². The quantitative estimate of drug-likeness (QED) is 0.779. The maximum Gasteiger partial charge on any atom is 0.226 e. The largest absolute Gasteiger partial charge is 0.497 e. The molecule has 1 N–H and O–H groups in total. The van der Waals surface area contributed by atoms with Gasteiger partial charge in [-0.1, -0.05) is 5.16 Å². The van der Waals surface area contributed by atoms with Crippen LogP contribution in [0.3, 0.4) is 0 Å². The average molecular weight is 358 g/mol. The molecule has 7 heteroatoms. The van der Waals surface area contributed by atoms with Crippen LogP contribution in [0.4, 0.5) is 0 Å². The van der Waals surface area contributed by atoms with Crippen molar-refractivity contribution in [2.24, 2.45) is 5.92 Å². The van der Waals surface area contributed by atoms with Crippen LogP contribution < -0.4 is 10.1 Å². The molecule has 0 aliphatic carbocycles. The Hall–Kier alpha value is -2.41. The van der Waals surface area contributed by atoms with Crippen molar-refractivity contribution in [3.63, 3.8) is 0 Å². The van der Waals surface area contributed by atoms with E-state index >= 15 is 0 Å². The molecule has 1 aromatic heterocycles. The summed E-state index contributed by atoms with van der Waals surface area (Å²) < 4.78 is 10.5. The lowest BCUT2D eigenvalue weighted by molar-refractivity contribution is -0.130. The van der Waals surface area contributed by atoms with Gasteiger partial charge in [0.15, 0.2) is 0 Å². The van der Waals surface area contributed by atoms with Gasteiger partial charge in [0.2, 0.25) is 17.6 Å². The molecule has 1 aliphatic heterocycles. The minimum absolute atomic E-state index is 0.221. The van der Waals surface area contributed by atoms with Gasteiger partial charge in [-0.05, 0) is 56.6 Å². The molecule has 26 heavy (non-hydrogen) atoms. The maximum atomic E-state index is 12.3. The summed E-state index contributed by atoms with van der Waals surface area (Å²) in [6.07, 6.45) is 2.94. The first kappa shape index (κ1) is 18.4. The van der Waals surface area contributed by atoms with Gasteiger partial charge in [-0.25, -0.2) is 0 Å². The number of aryl methyl sites for hydroxylation is 1. The fourth-order valence-corrected chi connectivity index (χ4v) is 3.28. The predicted molar refractivity (Wildman–Crippen MR) is 97.8 cm³/mol. The summed E-state index contributed by atoms with van der Waals surface area (Å²) in [4.78, 5) is 18.7. The maximum absolute atomic E-state index is 12.3. The number of amides is 1. The number of carbonyl (C=O) groups is 1. The molecule has 1 fully saturated rings. The highest BCUT2D eigenvalue weighted by molar-refractivity contribution is 5.76. The molecule has 1 unspecified atom stereocenters. The number of rotatable bonds is 8. The van der Waals surface area contributed by atoms with Crippen molar-refractivity contribution in [3.05, 3.63) is 30.2 Å². The molecule has 3 rings (SSSR count). The summed E-state index contributed by atoms with van der Waals surface area (Å²) in [5.74, 6) is 2.71. The van der Waals surface area contributed by atoms with Gasteiger partial charge >= 0.3 is 0 Å². The number of ether oxygens (including phenoxy) is 1. The zero-order chi connectivity index (χ0) is 18.4. The van der Waals surface area contributed by atoms with Crippen LogP contribution in [0.1, 0.15) is 25.2 Å². The zero-order valence-corrected chi connectivity index (χ0v) is 15.4. The molecule has 1 aromatic carbocycles. The van der Waals surface area contributed by atoms with E-state index < -0.39 is 0 Å². The standard InChI is InChI=1S/C19H26N4O3/c1-20-12-14-10-11-23(13-14)18(24)5-3-4-17-21-19(22-26-17)15-6-8-16(25-2)9-7-15/h6-9,14,20H,3-5,10-13H2,1-2H3. The fraction of sp³-hybridized carbons (Fsp3) is 0.526. The number of methoxy groups -OCH3 is 1. The van der Waals surface area contributed by atoms with Gasteiger partial charge in [-0.2, -0.15) is 4.98 Å².